The normalized spacial score (nSPS) is 41.9. The fraction of sp³-hybridized carbons (Fsp3) is 0.552. The van der Waals surface area contributed by atoms with Gasteiger partial charge in [0.15, 0.2) is 0 Å². The largest absolute Gasteiger partial charge is 0.393 e. The third-order valence-electron chi connectivity index (χ3n) is 19.8. The van der Waals surface area contributed by atoms with Crippen LogP contribution in [0, 0.1) is 22.7 Å². The van der Waals surface area contributed by atoms with Crippen LogP contribution >= 0.6 is 0 Å². The predicted octanol–water partition coefficient (Wildman–Crippen LogP) is 13.0. The summed E-state index contributed by atoms with van der Waals surface area (Å²) in [6, 6.07) is 18.3. The molecule has 4 saturated carbocycles. The monoisotopic (exact) mass is 857 g/mol. The van der Waals surface area contributed by atoms with Crippen molar-refractivity contribution in [2.24, 2.45) is 22.7 Å². The number of ether oxygens (including phenoxy) is 3. The van der Waals surface area contributed by atoms with Crippen molar-refractivity contribution >= 4 is 21.5 Å². The number of rotatable bonds is 3. The summed E-state index contributed by atoms with van der Waals surface area (Å²) >= 11 is 0. The Morgan fingerprint density at radius 2 is 1.12 bits per heavy atom. The lowest BCUT2D eigenvalue weighted by atomic mass is 9.58. The minimum absolute atomic E-state index is 0. The highest BCUT2D eigenvalue weighted by atomic mass is 16.5. The van der Waals surface area contributed by atoms with Crippen LogP contribution in [0.3, 0.4) is 0 Å². The molecule has 14 rings (SSSR count). The summed E-state index contributed by atoms with van der Waals surface area (Å²) in [4.78, 5) is 8.72. The minimum atomic E-state index is -0.213. The van der Waals surface area contributed by atoms with E-state index in [1.165, 1.54) is 81.5 Å². The molecule has 4 bridgehead atoms. The van der Waals surface area contributed by atoms with Gasteiger partial charge in [-0.2, -0.15) is 0 Å². The van der Waals surface area contributed by atoms with Crippen molar-refractivity contribution < 1.29 is 19.3 Å². The van der Waals surface area contributed by atoms with Crippen molar-refractivity contribution in [1.29, 1.82) is 0 Å². The Bertz CT molecular complexity index is 2680. The lowest BCUT2D eigenvalue weighted by Gasteiger charge is -2.54. The van der Waals surface area contributed by atoms with Gasteiger partial charge in [-0.25, -0.2) is 0 Å². The second-order valence-corrected chi connectivity index (χ2v) is 22.4. The maximum Gasteiger partial charge on any atom is 0.0974 e. The lowest BCUT2D eigenvalue weighted by molar-refractivity contribution is -0.147. The molecule has 4 aliphatic heterocycles. The number of aromatic nitrogens is 2. The highest BCUT2D eigenvalue weighted by molar-refractivity contribution is 5.83. The van der Waals surface area contributed by atoms with Crippen LogP contribution in [0.2, 0.25) is 0 Å². The first-order valence-electron chi connectivity index (χ1n) is 24.7. The number of fused-ring (bicyclic) bond motifs is 4. The number of hydrogen-bond donors (Lipinski definition) is 1. The van der Waals surface area contributed by atoms with E-state index in [-0.39, 0.29) is 46.8 Å². The molecule has 2 aromatic heterocycles. The summed E-state index contributed by atoms with van der Waals surface area (Å²) in [6.45, 7) is 5.07. The van der Waals surface area contributed by atoms with Crippen molar-refractivity contribution in [3.63, 3.8) is 0 Å². The van der Waals surface area contributed by atoms with E-state index in [1.807, 2.05) is 31.9 Å². The van der Waals surface area contributed by atoms with Crippen LogP contribution in [0.5, 0.6) is 0 Å². The number of aliphatic hydroxyl groups is 1. The average Bonchev–Trinajstić information content (AvgIpc) is 4.03. The van der Waals surface area contributed by atoms with Gasteiger partial charge in [-0.05, 0) is 193 Å². The Morgan fingerprint density at radius 3 is 1.66 bits per heavy atom. The van der Waals surface area contributed by atoms with Gasteiger partial charge in [0.25, 0.3) is 0 Å². The molecule has 2 aromatic carbocycles. The van der Waals surface area contributed by atoms with Crippen LogP contribution in [0.15, 0.2) is 120 Å². The van der Waals surface area contributed by atoms with Gasteiger partial charge in [0.1, 0.15) is 0 Å². The summed E-state index contributed by atoms with van der Waals surface area (Å²) in [7, 11) is 1.87. The zero-order valence-electron chi connectivity index (χ0n) is 37.6. The molecule has 2 saturated heterocycles. The molecule has 1 N–H and O–H groups in total. The Balaban J connectivity index is 0.000000133. The van der Waals surface area contributed by atoms with Gasteiger partial charge in [0.05, 0.1) is 34.6 Å². The lowest BCUT2D eigenvalue weighted by Crippen LogP contribution is -2.54. The quantitative estimate of drug-likeness (QED) is 0.221. The molecule has 64 heavy (non-hydrogen) atoms. The van der Waals surface area contributed by atoms with Gasteiger partial charge < -0.3 is 19.3 Å². The number of aliphatic hydroxyl groups excluding tert-OH is 1. The average molecular weight is 857 g/mol. The van der Waals surface area contributed by atoms with Gasteiger partial charge in [-0.15, -0.1) is 0 Å². The first-order valence-corrected chi connectivity index (χ1v) is 24.7. The molecule has 334 valence electrons. The van der Waals surface area contributed by atoms with Crippen LogP contribution in [0.4, 0.5) is 0 Å². The van der Waals surface area contributed by atoms with E-state index in [0.29, 0.717) is 29.8 Å². The van der Waals surface area contributed by atoms with E-state index in [2.05, 4.69) is 96.7 Å². The standard InChI is InChI=1S/C29H33NO2.C28H31NO2.CH4/c1-27-11-9-23-16-22-5-6-24(31-2)17-28(22)12-13-29(23,32-28)26(27)8-7-25(27)20-4-3-19-10-14-30-18-21(19)15-20;1-26-10-8-22-15-21-4-5-23(30)16-27(21)11-12-28(22,31-27)25(26)7-6-24(26)19-3-2-18-9-13-29-17-20(18)14-19;/h3-4,9-10,14-16,18,24-26H,5-8,11-13,17H2,1-2H3;2-3,8-9,13-15,17,23-25,30H,4-7,10-12,16H2,1H3;1H4/t24-,25+,26+,27+,28?,29+;23-,24+,25+,26+,27?,28+;/m00./s1. The summed E-state index contributed by atoms with van der Waals surface area (Å²) in [5.74, 6) is 2.26. The topological polar surface area (TPSA) is 73.7 Å². The van der Waals surface area contributed by atoms with Crippen molar-refractivity contribution in [3.05, 3.63) is 131 Å². The molecule has 6 nitrogen and oxygen atoms in total. The molecule has 0 amide bonds. The minimum Gasteiger partial charge on any atom is -0.393 e. The second kappa shape index (κ2) is 14.5. The zero-order chi connectivity index (χ0) is 42.4. The third kappa shape index (κ3) is 5.70. The SMILES string of the molecule is C.CO[C@H]1CCC2=CC3=CC[C@]4(C)[C@@H](c5ccc6ccncc6c5)CC[C@H]4[C@@]34CCC2(C1)O4.C[C@]12CC=C3C=C4CC[C@H](O)CC45CC[C@]3(O5)[C@@H]1CC[C@@H]2c1ccc2ccncc2c1. The fourth-order valence-electron chi connectivity index (χ4n) is 16.7. The van der Waals surface area contributed by atoms with Gasteiger partial charge in [0.2, 0.25) is 0 Å². The number of nitrogens with zero attached hydrogens (tertiary/aromatic N) is 2. The molecule has 6 aliphatic carbocycles. The van der Waals surface area contributed by atoms with Gasteiger partial charge in [-0.1, -0.05) is 69.8 Å². The van der Waals surface area contributed by atoms with Crippen molar-refractivity contribution in [3.8, 4) is 0 Å². The van der Waals surface area contributed by atoms with E-state index in [1.54, 1.807) is 5.57 Å². The number of methoxy groups -OCH3 is 1. The van der Waals surface area contributed by atoms with Crippen LogP contribution < -0.4 is 0 Å². The molecule has 12 atom stereocenters. The fourth-order valence-corrected chi connectivity index (χ4v) is 16.7. The molecular formula is C58H68N2O4. The van der Waals surface area contributed by atoms with E-state index >= 15 is 0 Å². The first kappa shape index (κ1) is 41.5. The van der Waals surface area contributed by atoms with Gasteiger partial charge >= 0.3 is 0 Å². The molecule has 0 radical (unpaired) electrons. The van der Waals surface area contributed by atoms with Crippen molar-refractivity contribution in [2.75, 3.05) is 7.11 Å². The molecule has 2 unspecified atom stereocenters. The highest BCUT2D eigenvalue weighted by Gasteiger charge is 2.68. The van der Waals surface area contributed by atoms with E-state index < -0.39 is 0 Å². The summed E-state index contributed by atoms with van der Waals surface area (Å²) in [6.07, 6.45) is 35.8. The molecule has 6 fully saturated rings. The third-order valence-corrected chi connectivity index (χ3v) is 19.8. The molecule has 6 heteroatoms. The number of allylic oxidation sites excluding steroid dienone is 2. The second-order valence-electron chi connectivity index (χ2n) is 22.4. The molecule has 4 aromatic rings. The maximum atomic E-state index is 10.4. The first-order chi connectivity index (χ1) is 30.6. The van der Waals surface area contributed by atoms with E-state index in [0.717, 1.165) is 70.6 Å². The summed E-state index contributed by atoms with van der Waals surface area (Å²) in [5.41, 5.74) is 8.88. The zero-order valence-corrected chi connectivity index (χ0v) is 37.6. The van der Waals surface area contributed by atoms with Gasteiger partial charge in [0, 0.05) is 55.5 Å². The van der Waals surface area contributed by atoms with E-state index in [9.17, 15) is 5.11 Å². The summed E-state index contributed by atoms with van der Waals surface area (Å²) in [5, 5.41) is 15.5. The van der Waals surface area contributed by atoms with Crippen molar-refractivity contribution in [2.45, 2.75) is 170 Å². The molecule has 10 aliphatic rings. The highest BCUT2D eigenvalue weighted by Crippen LogP contribution is 2.71. The Hall–Kier alpha value is -3.94. The van der Waals surface area contributed by atoms with Crippen LogP contribution in [-0.2, 0) is 14.2 Å². The molecular weight excluding hydrogens is 789 g/mol. The Labute approximate surface area is 380 Å². The number of hydrogen-bond acceptors (Lipinski definition) is 6. The Morgan fingerprint density at radius 1 is 0.609 bits per heavy atom. The van der Waals surface area contributed by atoms with Gasteiger partial charge in [-0.3, -0.25) is 9.97 Å². The number of benzene rings is 2. The number of pyridine rings is 2. The van der Waals surface area contributed by atoms with Crippen LogP contribution in [0.1, 0.15) is 147 Å². The predicted molar refractivity (Wildman–Crippen MR) is 255 cm³/mol. The van der Waals surface area contributed by atoms with Crippen molar-refractivity contribution in [1.82, 2.24) is 9.97 Å². The van der Waals surface area contributed by atoms with Crippen LogP contribution in [0.25, 0.3) is 21.5 Å². The molecule has 6 heterocycles. The molecule has 4 spiro atoms. The van der Waals surface area contributed by atoms with Crippen LogP contribution in [-0.4, -0.2) is 56.8 Å². The smallest absolute Gasteiger partial charge is 0.0974 e. The summed E-state index contributed by atoms with van der Waals surface area (Å²) < 4.78 is 20.3. The Kier molecular flexibility index (Phi) is 9.42. The maximum absolute atomic E-state index is 10.4. The van der Waals surface area contributed by atoms with E-state index in [4.69, 9.17) is 14.2 Å².